The molecular formula is C15H10Cl2N2S. The van der Waals surface area contributed by atoms with E-state index >= 15 is 0 Å². The first kappa shape index (κ1) is 12.6. The molecule has 0 spiro atoms. The third-order valence-electron chi connectivity index (χ3n) is 3.52. The van der Waals surface area contributed by atoms with Gasteiger partial charge in [0.15, 0.2) is 0 Å². The summed E-state index contributed by atoms with van der Waals surface area (Å²) in [5.41, 5.74) is 3.23. The van der Waals surface area contributed by atoms with Gasteiger partial charge in [0.25, 0.3) is 0 Å². The predicted molar refractivity (Wildman–Crippen MR) is 85.6 cm³/mol. The lowest BCUT2D eigenvalue weighted by atomic mass is 10.2. The minimum absolute atomic E-state index is 0.142. The van der Waals surface area contributed by atoms with Gasteiger partial charge in [-0.1, -0.05) is 47.5 Å². The van der Waals surface area contributed by atoms with Crippen molar-refractivity contribution in [1.82, 2.24) is 9.55 Å². The number of para-hydroxylation sites is 2. The third kappa shape index (κ3) is 1.77. The fourth-order valence-corrected chi connectivity index (χ4v) is 4.37. The Kier molecular flexibility index (Phi) is 2.95. The minimum Gasteiger partial charge on any atom is -0.310 e. The van der Waals surface area contributed by atoms with Gasteiger partial charge in [0, 0.05) is 5.56 Å². The number of thioether (sulfide) groups is 1. The second-order valence-electron chi connectivity index (χ2n) is 4.69. The molecule has 0 saturated carbocycles. The number of nitrogens with zero attached hydrogens (tertiary/aromatic N) is 2. The molecule has 1 atom stereocenters. The fourth-order valence-electron chi connectivity index (χ4n) is 2.63. The molecule has 2 aromatic carbocycles. The lowest BCUT2D eigenvalue weighted by molar-refractivity contribution is 0.794. The molecule has 2 heterocycles. The van der Waals surface area contributed by atoms with Crippen LogP contribution in [0.5, 0.6) is 0 Å². The van der Waals surface area contributed by atoms with Crippen molar-refractivity contribution in [3.63, 3.8) is 0 Å². The summed E-state index contributed by atoms with van der Waals surface area (Å²) in [5, 5.41) is 1.38. The van der Waals surface area contributed by atoms with E-state index in [0.29, 0.717) is 10.0 Å². The van der Waals surface area contributed by atoms with E-state index in [-0.39, 0.29) is 5.37 Å². The minimum atomic E-state index is 0.142. The third-order valence-corrected chi connectivity index (χ3v) is 5.56. The monoisotopic (exact) mass is 320 g/mol. The standard InChI is InChI=1S/C15H10Cl2N2S/c16-10-5-3-4-9(14(10)17)15-19-12-7-2-1-6-11(12)18-13(19)8-20-15/h1-7,15H,8H2/t15-/m0/s1. The second-order valence-corrected chi connectivity index (χ2v) is 6.55. The Morgan fingerprint density at radius 2 is 1.95 bits per heavy atom. The van der Waals surface area contributed by atoms with Gasteiger partial charge >= 0.3 is 0 Å². The van der Waals surface area contributed by atoms with Gasteiger partial charge in [-0.05, 0) is 18.2 Å². The van der Waals surface area contributed by atoms with E-state index in [1.54, 1.807) is 0 Å². The van der Waals surface area contributed by atoms with Crippen LogP contribution in [-0.4, -0.2) is 9.55 Å². The normalized spacial score (nSPS) is 17.6. The van der Waals surface area contributed by atoms with Crippen LogP contribution in [0, 0.1) is 0 Å². The van der Waals surface area contributed by atoms with E-state index in [2.05, 4.69) is 15.6 Å². The zero-order valence-electron chi connectivity index (χ0n) is 10.4. The van der Waals surface area contributed by atoms with Crippen molar-refractivity contribution < 1.29 is 0 Å². The first-order valence-corrected chi connectivity index (χ1v) is 8.07. The lowest BCUT2D eigenvalue weighted by Gasteiger charge is -2.16. The molecule has 0 amide bonds. The van der Waals surface area contributed by atoms with Gasteiger partial charge < -0.3 is 4.57 Å². The van der Waals surface area contributed by atoms with E-state index in [9.17, 15) is 0 Å². The Morgan fingerprint density at radius 3 is 2.85 bits per heavy atom. The summed E-state index contributed by atoms with van der Waals surface area (Å²) in [6.07, 6.45) is 0. The highest BCUT2D eigenvalue weighted by atomic mass is 35.5. The van der Waals surface area contributed by atoms with Crippen LogP contribution in [0.2, 0.25) is 10.0 Å². The van der Waals surface area contributed by atoms with Crippen LogP contribution in [0.25, 0.3) is 11.0 Å². The molecule has 2 nitrogen and oxygen atoms in total. The summed E-state index contributed by atoms with van der Waals surface area (Å²) in [6.45, 7) is 0. The van der Waals surface area contributed by atoms with Gasteiger partial charge in [0.2, 0.25) is 0 Å². The van der Waals surface area contributed by atoms with Crippen molar-refractivity contribution in [2.24, 2.45) is 0 Å². The highest BCUT2D eigenvalue weighted by Gasteiger charge is 2.29. The number of halogens is 2. The van der Waals surface area contributed by atoms with E-state index in [4.69, 9.17) is 23.2 Å². The molecule has 0 aliphatic carbocycles. The van der Waals surface area contributed by atoms with Crippen LogP contribution in [0.3, 0.4) is 0 Å². The van der Waals surface area contributed by atoms with Crippen LogP contribution in [0.1, 0.15) is 16.8 Å². The van der Waals surface area contributed by atoms with Crippen molar-refractivity contribution in [2.75, 3.05) is 0 Å². The highest BCUT2D eigenvalue weighted by Crippen LogP contribution is 2.45. The van der Waals surface area contributed by atoms with Gasteiger partial charge in [-0.15, -0.1) is 11.8 Å². The summed E-state index contributed by atoms with van der Waals surface area (Å²) >= 11 is 14.4. The number of benzene rings is 2. The molecule has 0 radical (unpaired) electrons. The smallest absolute Gasteiger partial charge is 0.121 e. The Labute approximate surface area is 130 Å². The summed E-state index contributed by atoms with van der Waals surface area (Å²) in [5.74, 6) is 1.99. The van der Waals surface area contributed by atoms with Gasteiger partial charge in [0.1, 0.15) is 11.2 Å². The zero-order chi connectivity index (χ0) is 13.7. The lowest BCUT2D eigenvalue weighted by Crippen LogP contribution is -2.04. The van der Waals surface area contributed by atoms with E-state index in [1.807, 2.05) is 48.2 Å². The number of hydrogen-bond acceptors (Lipinski definition) is 2. The SMILES string of the molecule is Clc1cccc([C@@H]2SCc3nc4ccccc4n32)c1Cl. The first-order valence-electron chi connectivity index (χ1n) is 6.27. The Bertz CT molecular complexity index is 813. The molecule has 4 rings (SSSR count). The largest absolute Gasteiger partial charge is 0.310 e. The van der Waals surface area contributed by atoms with Crippen LogP contribution in [0.4, 0.5) is 0 Å². The molecule has 100 valence electrons. The van der Waals surface area contributed by atoms with Crippen molar-refractivity contribution >= 4 is 46.0 Å². The van der Waals surface area contributed by atoms with E-state index in [1.165, 1.54) is 0 Å². The number of fused-ring (bicyclic) bond motifs is 3. The molecule has 0 N–H and O–H groups in total. The molecule has 0 saturated heterocycles. The molecule has 1 aliphatic rings. The molecule has 3 aromatic rings. The van der Waals surface area contributed by atoms with Gasteiger partial charge in [-0.3, -0.25) is 0 Å². The van der Waals surface area contributed by atoms with Gasteiger partial charge in [-0.25, -0.2) is 4.98 Å². The number of aromatic nitrogens is 2. The molecule has 5 heteroatoms. The maximum absolute atomic E-state index is 6.38. The topological polar surface area (TPSA) is 17.8 Å². The van der Waals surface area contributed by atoms with Crippen molar-refractivity contribution in [3.05, 3.63) is 63.9 Å². The maximum atomic E-state index is 6.38. The Morgan fingerprint density at radius 1 is 1.10 bits per heavy atom. The summed E-state index contributed by atoms with van der Waals surface area (Å²) in [4.78, 5) is 4.69. The number of hydrogen-bond donors (Lipinski definition) is 0. The van der Waals surface area contributed by atoms with Crippen molar-refractivity contribution in [2.45, 2.75) is 11.1 Å². The van der Waals surface area contributed by atoms with Gasteiger partial charge in [0.05, 0.1) is 26.8 Å². The zero-order valence-corrected chi connectivity index (χ0v) is 12.7. The van der Waals surface area contributed by atoms with Crippen LogP contribution in [-0.2, 0) is 5.75 Å². The molecule has 0 bridgehead atoms. The van der Waals surface area contributed by atoms with E-state index < -0.39 is 0 Å². The van der Waals surface area contributed by atoms with Crippen LogP contribution >= 0.6 is 35.0 Å². The quantitative estimate of drug-likeness (QED) is 0.618. The maximum Gasteiger partial charge on any atom is 0.121 e. The Balaban J connectivity index is 1.94. The first-order chi connectivity index (χ1) is 9.75. The fraction of sp³-hybridized carbons (Fsp3) is 0.133. The molecule has 1 aromatic heterocycles. The van der Waals surface area contributed by atoms with E-state index in [0.717, 1.165) is 28.2 Å². The Hall–Kier alpha value is -1.16. The van der Waals surface area contributed by atoms with Gasteiger partial charge in [-0.2, -0.15) is 0 Å². The molecule has 20 heavy (non-hydrogen) atoms. The highest BCUT2D eigenvalue weighted by molar-refractivity contribution is 7.99. The average molecular weight is 321 g/mol. The molecule has 1 aliphatic heterocycles. The molecule has 0 fully saturated rings. The average Bonchev–Trinajstić information content (AvgIpc) is 3.01. The van der Waals surface area contributed by atoms with Crippen molar-refractivity contribution in [3.8, 4) is 0 Å². The summed E-state index contributed by atoms with van der Waals surface area (Å²) in [7, 11) is 0. The predicted octanol–water partition coefficient (Wildman–Crippen LogP) is 5.14. The molecule has 0 unspecified atom stereocenters. The summed E-state index contributed by atoms with van der Waals surface area (Å²) in [6, 6.07) is 14.0. The second kappa shape index (κ2) is 4.69. The number of rotatable bonds is 1. The van der Waals surface area contributed by atoms with Crippen molar-refractivity contribution in [1.29, 1.82) is 0 Å². The molecular weight excluding hydrogens is 311 g/mol. The number of imidazole rings is 1. The summed E-state index contributed by atoms with van der Waals surface area (Å²) < 4.78 is 2.26. The van der Waals surface area contributed by atoms with Crippen LogP contribution < -0.4 is 0 Å². The van der Waals surface area contributed by atoms with Crippen LogP contribution in [0.15, 0.2) is 42.5 Å².